The van der Waals surface area contributed by atoms with Crippen LogP contribution < -0.4 is 11.3 Å². The molecular weight excluding hydrogens is 209 g/mol. The minimum Gasteiger partial charge on any atom is -0.381 e. The molecule has 2 N–H and O–H groups in total. The van der Waals surface area contributed by atoms with E-state index < -0.39 is 5.82 Å². The van der Waals surface area contributed by atoms with Crippen LogP contribution in [0.15, 0.2) is 35.4 Å². The van der Waals surface area contributed by atoms with Crippen LogP contribution in [0.25, 0.3) is 11.1 Å². The van der Waals surface area contributed by atoms with Crippen molar-refractivity contribution in [3.63, 3.8) is 0 Å². The summed E-state index contributed by atoms with van der Waals surface area (Å²) >= 11 is 0. The van der Waals surface area contributed by atoms with Crippen LogP contribution in [0, 0.1) is 5.82 Å². The molecule has 2 heterocycles. The summed E-state index contributed by atoms with van der Waals surface area (Å²) in [6.45, 7) is 0. The lowest BCUT2D eigenvalue weighted by molar-refractivity contribution is 0.630. The number of nitrogens with zero attached hydrogens (tertiary/aromatic N) is 2. The van der Waals surface area contributed by atoms with E-state index >= 15 is 0 Å². The van der Waals surface area contributed by atoms with E-state index in [0.717, 1.165) is 0 Å². The quantitative estimate of drug-likeness (QED) is 0.783. The van der Waals surface area contributed by atoms with E-state index in [1.807, 2.05) is 0 Å². The molecule has 0 aliphatic rings. The smallest absolute Gasteiger partial charge is 0.250 e. The SMILES string of the molecule is Cn1cc(-c2ccnc(N)c2F)ccc1=O. The van der Waals surface area contributed by atoms with E-state index in [4.69, 9.17) is 5.73 Å². The van der Waals surface area contributed by atoms with Crippen LogP contribution in [0.4, 0.5) is 10.2 Å². The number of aryl methyl sites for hydroxylation is 1. The van der Waals surface area contributed by atoms with Crippen LogP contribution in [0.2, 0.25) is 0 Å². The maximum atomic E-state index is 13.6. The molecule has 0 aliphatic carbocycles. The second-order valence-electron chi connectivity index (χ2n) is 3.42. The zero-order valence-corrected chi connectivity index (χ0v) is 8.64. The molecule has 0 bridgehead atoms. The molecule has 2 rings (SSSR count). The number of aromatic nitrogens is 2. The summed E-state index contributed by atoms with van der Waals surface area (Å²) < 4.78 is 15.0. The predicted octanol–water partition coefficient (Wildman–Crippen LogP) is 1.17. The Morgan fingerprint density at radius 1 is 1.38 bits per heavy atom. The number of hydrogen-bond donors (Lipinski definition) is 1. The molecule has 82 valence electrons. The Morgan fingerprint density at radius 2 is 2.12 bits per heavy atom. The molecule has 0 saturated heterocycles. The Kier molecular flexibility index (Phi) is 2.44. The van der Waals surface area contributed by atoms with E-state index in [0.29, 0.717) is 11.1 Å². The summed E-state index contributed by atoms with van der Waals surface area (Å²) in [4.78, 5) is 14.8. The van der Waals surface area contributed by atoms with E-state index in [-0.39, 0.29) is 11.4 Å². The molecule has 0 atom stereocenters. The van der Waals surface area contributed by atoms with Crippen molar-refractivity contribution in [3.8, 4) is 11.1 Å². The van der Waals surface area contributed by atoms with E-state index in [1.54, 1.807) is 19.3 Å². The van der Waals surface area contributed by atoms with Gasteiger partial charge >= 0.3 is 0 Å². The summed E-state index contributed by atoms with van der Waals surface area (Å²) in [6, 6.07) is 4.46. The third-order valence-corrected chi connectivity index (χ3v) is 2.31. The van der Waals surface area contributed by atoms with Gasteiger partial charge in [-0.25, -0.2) is 9.37 Å². The van der Waals surface area contributed by atoms with Crippen LogP contribution in [-0.2, 0) is 7.05 Å². The summed E-state index contributed by atoms with van der Waals surface area (Å²) in [5.74, 6) is -0.715. The third kappa shape index (κ3) is 1.67. The van der Waals surface area contributed by atoms with E-state index in [1.165, 1.54) is 22.9 Å². The average molecular weight is 219 g/mol. The standard InChI is InChI=1S/C11H10FN3O/c1-15-6-7(2-3-9(15)16)8-4-5-14-11(13)10(8)12/h2-6H,1H3,(H2,13,14). The Labute approximate surface area is 91.2 Å². The highest BCUT2D eigenvalue weighted by atomic mass is 19.1. The molecule has 2 aromatic heterocycles. The largest absolute Gasteiger partial charge is 0.381 e. The fourth-order valence-corrected chi connectivity index (χ4v) is 1.44. The Balaban J connectivity index is 2.63. The summed E-state index contributed by atoms with van der Waals surface area (Å²) in [5, 5.41) is 0. The normalized spacial score (nSPS) is 10.4. The number of hydrogen-bond acceptors (Lipinski definition) is 3. The number of nitrogens with two attached hydrogens (primary N) is 1. The molecule has 16 heavy (non-hydrogen) atoms. The number of nitrogen functional groups attached to an aromatic ring is 1. The lowest BCUT2D eigenvalue weighted by atomic mass is 10.1. The van der Waals surface area contributed by atoms with Crippen LogP contribution in [0.3, 0.4) is 0 Å². The lowest BCUT2D eigenvalue weighted by Gasteiger charge is -2.06. The first-order valence-electron chi connectivity index (χ1n) is 4.66. The van der Waals surface area contributed by atoms with E-state index in [9.17, 15) is 9.18 Å². The van der Waals surface area contributed by atoms with Crippen molar-refractivity contribution in [1.82, 2.24) is 9.55 Å². The maximum Gasteiger partial charge on any atom is 0.250 e. The highest BCUT2D eigenvalue weighted by molar-refractivity contribution is 5.65. The van der Waals surface area contributed by atoms with E-state index in [2.05, 4.69) is 4.98 Å². The first kappa shape index (κ1) is 10.4. The fraction of sp³-hybridized carbons (Fsp3) is 0.0909. The van der Waals surface area contributed by atoms with Gasteiger partial charge < -0.3 is 10.3 Å². The van der Waals surface area contributed by atoms with Gasteiger partial charge in [-0.15, -0.1) is 0 Å². The number of anilines is 1. The van der Waals surface area contributed by atoms with Crippen molar-refractivity contribution in [2.45, 2.75) is 0 Å². The van der Waals surface area contributed by atoms with Crippen molar-refractivity contribution in [3.05, 3.63) is 46.8 Å². The highest BCUT2D eigenvalue weighted by Gasteiger charge is 2.09. The van der Waals surface area contributed by atoms with Gasteiger partial charge in [0.15, 0.2) is 11.6 Å². The van der Waals surface area contributed by atoms with Crippen molar-refractivity contribution in [2.24, 2.45) is 7.05 Å². The lowest BCUT2D eigenvalue weighted by Crippen LogP contribution is -2.14. The van der Waals surface area contributed by atoms with Crippen molar-refractivity contribution in [1.29, 1.82) is 0 Å². The fourth-order valence-electron chi connectivity index (χ4n) is 1.44. The second kappa shape index (κ2) is 3.77. The summed E-state index contributed by atoms with van der Waals surface area (Å²) in [6.07, 6.45) is 2.99. The highest BCUT2D eigenvalue weighted by Crippen LogP contribution is 2.23. The van der Waals surface area contributed by atoms with Gasteiger partial charge in [-0.1, -0.05) is 0 Å². The van der Waals surface area contributed by atoms with Crippen LogP contribution in [0.1, 0.15) is 0 Å². The van der Waals surface area contributed by atoms with Gasteiger partial charge in [0.25, 0.3) is 0 Å². The number of pyridine rings is 2. The van der Waals surface area contributed by atoms with Gasteiger partial charge in [-0.2, -0.15) is 0 Å². The minimum atomic E-state index is -0.568. The van der Waals surface area contributed by atoms with Crippen molar-refractivity contribution >= 4 is 5.82 Å². The maximum absolute atomic E-state index is 13.6. The number of halogens is 1. The molecule has 5 heteroatoms. The molecule has 0 amide bonds. The molecule has 0 aliphatic heterocycles. The Bertz CT molecular complexity index is 592. The molecule has 0 aromatic carbocycles. The van der Waals surface area contributed by atoms with Crippen LogP contribution in [0.5, 0.6) is 0 Å². The topological polar surface area (TPSA) is 60.9 Å². The zero-order valence-electron chi connectivity index (χ0n) is 8.64. The second-order valence-corrected chi connectivity index (χ2v) is 3.42. The summed E-state index contributed by atoms with van der Waals surface area (Å²) in [5.41, 5.74) is 6.15. The van der Waals surface area contributed by atoms with Gasteiger partial charge in [0.1, 0.15) is 0 Å². The molecule has 0 saturated carbocycles. The van der Waals surface area contributed by atoms with Gasteiger partial charge in [0, 0.05) is 36.6 Å². The first-order valence-corrected chi connectivity index (χ1v) is 4.66. The molecule has 0 unspecified atom stereocenters. The Hall–Kier alpha value is -2.17. The monoisotopic (exact) mass is 219 g/mol. The molecule has 4 nitrogen and oxygen atoms in total. The average Bonchev–Trinajstić information content (AvgIpc) is 2.26. The van der Waals surface area contributed by atoms with Gasteiger partial charge in [0.05, 0.1) is 0 Å². The first-order chi connectivity index (χ1) is 7.59. The molecule has 0 radical (unpaired) electrons. The predicted molar refractivity (Wildman–Crippen MR) is 59.3 cm³/mol. The molecule has 0 spiro atoms. The van der Waals surface area contributed by atoms with Crippen molar-refractivity contribution < 1.29 is 4.39 Å². The van der Waals surface area contributed by atoms with Gasteiger partial charge in [-0.05, 0) is 12.1 Å². The van der Waals surface area contributed by atoms with Crippen LogP contribution >= 0.6 is 0 Å². The minimum absolute atomic E-state index is 0.147. The third-order valence-electron chi connectivity index (χ3n) is 2.31. The Morgan fingerprint density at radius 3 is 2.81 bits per heavy atom. The van der Waals surface area contributed by atoms with Crippen LogP contribution in [-0.4, -0.2) is 9.55 Å². The van der Waals surface area contributed by atoms with Gasteiger partial charge in [-0.3, -0.25) is 4.79 Å². The van der Waals surface area contributed by atoms with Crippen molar-refractivity contribution in [2.75, 3.05) is 5.73 Å². The van der Waals surface area contributed by atoms with Gasteiger partial charge in [0.2, 0.25) is 5.56 Å². The zero-order chi connectivity index (χ0) is 11.7. The summed E-state index contributed by atoms with van der Waals surface area (Å²) in [7, 11) is 1.61. The number of rotatable bonds is 1. The molecule has 0 fully saturated rings. The molecule has 2 aromatic rings. The molecular formula is C11H10FN3O.